The molecule has 0 radical (unpaired) electrons. The Labute approximate surface area is 148 Å². The van der Waals surface area contributed by atoms with Crippen LogP contribution in [0.3, 0.4) is 0 Å². The minimum atomic E-state index is -0.464. The molecule has 128 valence electrons. The van der Waals surface area contributed by atoms with Crippen LogP contribution in [0.25, 0.3) is 11.0 Å². The number of fused-ring (bicyclic) bond motifs is 1. The van der Waals surface area contributed by atoms with Crippen molar-refractivity contribution in [2.24, 2.45) is 0 Å². The third-order valence-corrected chi connectivity index (χ3v) is 3.79. The van der Waals surface area contributed by atoms with Gasteiger partial charge in [0.05, 0.1) is 23.6 Å². The van der Waals surface area contributed by atoms with E-state index < -0.39 is 5.91 Å². The van der Waals surface area contributed by atoms with Gasteiger partial charge >= 0.3 is 0 Å². The molecule has 0 saturated heterocycles. The van der Waals surface area contributed by atoms with E-state index >= 15 is 0 Å². The van der Waals surface area contributed by atoms with E-state index in [4.69, 9.17) is 11.6 Å². The van der Waals surface area contributed by atoms with Crippen LogP contribution in [0.15, 0.2) is 42.6 Å². The topological polar surface area (TPSA) is 99.8 Å². The fourth-order valence-corrected chi connectivity index (χ4v) is 2.48. The molecule has 25 heavy (non-hydrogen) atoms. The van der Waals surface area contributed by atoms with E-state index in [9.17, 15) is 9.59 Å². The lowest BCUT2D eigenvalue weighted by atomic mass is 10.3. The van der Waals surface area contributed by atoms with Crippen LogP contribution in [0.5, 0.6) is 0 Å². The Hall–Kier alpha value is -2.93. The molecule has 0 aliphatic heterocycles. The summed E-state index contributed by atoms with van der Waals surface area (Å²) in [6, 6.07) is 10.3. The molecule has 7 nitrogen and oxygen atoms in total. The maximum absolute atomic E-state index is 12.0. The zero-order chi connectivity index (χ0) is 17.8. The van der Waals surface area contributed by atoms with Gasteiger partial charge in [-0.3, -0.25) is 14.6 Å². The molecular formula is C17H16ClN5O2. The molecule has 0 saturated carbocycles. The lowest BCUT2D eigenvalue weighted by Gasteiger charge is -2.12. The van der Waals surface area contributed by atoms with Crippen LogP contribution in [-0.2, 0) is 4.79 Å². The van der Waals surface area contributed by atoms with Crippen molar-refractivity contribution in [3.63, 3.8) is 0 Å². The number of hydrogen-bond donors (Lipinski definition) is 3. The highest BCUT2D eigenvalue weighted by atomic mass is 35.5. The average Bonchev–Trinajstić information content (AvgIpc) is 3.04. The molecule has 3 aromatic rings. The molecule has 0 aliphatic rings. The Morgan fingerprint density at radius 2 is 2.08 bits per heavy atom. The van der Waals surface area contributed by atoms with Gasteiger partial charge in [-0.2, -0.15) is 0 Å². The van der Waals surface area contributed by atoms with Gasteiger partial charge in [-0.1, -0.05) is 23.7 Å². The summed E-state index contributed by atoms with van der Waals surface area (Å²) >= 11 is 5.81. The zero-order valence-electron chi connectivity index (χ0n) is 13.4. The Morgan fingerprint density at radius 1 is 1.28 bits per heavy atom. The van der Waals surface area contributed by atoms with Crippen molar-refractivity contribution in [1.82, 2.24) is 25.6 Å². The predicted molar refractivity (Wildman–Crippen MR) is 94.2 cm³/mol. The molecule has 2 amide bonds. The Bertz CT molecular complexity index is 891. The van der Waals surface area contributed by atoms with E-state index in [0.29, 0.717) is 10.8 Å². The standard InChI is InChI=1S/C17H16ClN5O2/c1-10(16-22-12-4-2-3-5-13(12)23-16)21-15(24)9-20-17(25)14-8-11(18)6-7-19-14/h2-8,10H,9H2,1H3,(H,20,25)(H,21,24)(H,22,23)/t10-/m1/s1. The highest BCUT2D eigenvalue weighted by molar-refractivity contribution is 6.30. The highest BCUT2D eigenvalue weighted by Gasteiger charge is 2.15. The van der Waals surface area contributed by atoms with Crippen LogP contribution >= 0.6 is 11.6 Å². The number of aromatic amines is 1. The van der Waals surface area contributed by atoms with E-state index in [2.05, 4.69) is 25.6 Å². The quantitative estimate of drug-likeness (QED) is 0.651. The predicted octanol–water partition coefficient (Wildman–Crippen LogP) is 2.22. The number of halogens is 1. The molecule has 8 heteroatoms. The minimum Gasteiger partial charge on any atom is -0.345 e. The molecular weight excluding hydrogens is 342 g/mol. The van der Waals surface area contributed by atoms with Gasteiger partial charge in [0.25, 0.3) is 5.91 Å². The van der Waals surface area contributed by atoms with Gasteiger partial charge in [0.1, 0.15) is 11.5 Å². The number of rotatable bonds is 5. The normalized spacial score (nSPS) is 11.9. The van der Waals surface area contributed by atoms with Crippen molar-refractivity contribution in [3.8, 4) is 0 Å². The number of benzene rings is 1. The molecule has 0 unspecified atom stereocenters. The molecule has 2 aromatic heterocycles. The summed E-state index contributed by atoms with van der Waals surface area (Å²) in [6.45, 7) is 1.65. The largest absolute Gasteiger partial charge is 0.345 e. The molecule has 0 bridgehead atoms. The van der Waals surface area contributed by atoms with E-state index in [-0.39, 0.29) is 24.2 Å². The van der Waals surface area contributed by atoms with Crippen LogP contribution in [0.1, 0.15) is 29.3 Å². The number of aromatic nitrogens is 3. The summed E-state index contributed by atoms with van der Waals surface area (Å²) in [6.07, 6.45) is 1.43. The first-order valence-electron chi connectivity index (χ1n) is 7.66. The fourth-order valence-electron chi connectivity index (χ4n) is 2.32. The van der Waals surface area contributed by atoms with Gasteiger partial charge in [-0.25, -0.2) is 4.98 Å². The summed E-state index contributed by atoms with van der Waals surface area (Å²) < 4.78 is 0. The van der Waals surface area contributed by atoms with Crippen LogP contribution in [0.2, 0.25) is 5.02 Å². The van der Waals surface area contributed by atoms with E-state index in [1.165, 1.54) is 12.3 Å². The minimum absolute atomic E-state index is 0.158. The maximum atomic E-state index is 12.0. The van der Waals surface area contributed by atoms with Gasteiger partial charge in [-0.05, 0) is 31.2 Å². The summed E-state index contributed by atoms with van der Waals surface area (Å²) in [7, 11) is 0. The first-order valence-corrected chi connectivity index (χ1v) is 8.04. The molecule has 2 heterocycles. The lowest BCUT2D eigenvalue weighted by molar-refractivity contribution is -0.120. The Morgan fingerprint density at radius 3 is 2.84 bits per heavy atom. The zero-order valence-corrected chi connectivity index (χ0v) is 14.2. The first-order chi connectivity index (χ1) is 12.0. The van der Waals surface area contributed by atoms with Crippen LogP contribution in [0.4, 0.5) is 0 Å². The second-order valence-corrected chi connectivity index (χ2v) is 5.91. The van der Waals surface area contributed by atoms with Gasteiger partial charge in [0, 0.05) is 11.2 Å². The first kappa shape index (κ1) is 16.9. The van der Waals surface area contributed by atoms with Gasteiger partial charge in [0.2, 0.25) is 5.91 Å². The molecule has 0 spiro atoms. The second-order valence-electron chi connectivity index (χ2n) is 5.47. The highest BCUT2D eigenvalue weighted by Crippen LogP contribution is 2.15. The Kier molecular flexibility index (Phi) is 4.95. The van der Waals surface area contributed by atoms with Crippen molar-refractivity contribution in [2.45, 2.75) is 13.0 Å². The third-order valence-electron chi connectivity index (χ3n) is 3.56. The van der Waals surface area contributed by atoms with Crippen LogP contribution < -0.4 is 10.6 Å². The molecule has 1 atom stereocenters. The number of hydrogen-bond acceptors (Lipinski definition) is 4. The van der Waals surface area contributed by atoms with Gasteiger partial charge < -0.3 is 15.6 Å². The smallest absolute Gasteiger partial charge is 0.270 e. The van der Waals surface area contributed by atoms with Crippen LogP contribution in [0, 0.1) is 0 Å². The monoisotopic (exact) mass is 357 g/mol. The summed E-state index contributed by atoms with van der Waals surface area (Å²) in [5, 5.41) is 5.69. The number of H-pyrrole nitrogens is 1. The summed E-state index contributed by atoms with van der Waals surface area (Å²) in [4.78, 5) is 35.5. The number of para-hydroxylation sites is 2. The number of carbonyl (C=O) groups excluding carboxylic acids is 2. The van der Waals surface area contributed by atoms with Crippen LogP contribution in [-0.4, -0.2) is 33.3 Å². The molecule has 3 rings (SSSR count). The van der Waals surface area contributed by atoms with E-state index in [1.807, 2.05) is 31.2 Å². The number of carbonyl (C=O) groups is 2. The van der Waals surface area contributed by atoms with Gasteiger partial charge in [0.15, 0.2) is 0 Å². The van der Waals surface area contributed by atoms with Crippen molar-refractivity contribution in [3.05, 3.63) is 59.1 Å². The molecule has 0 fully saturated rings. The SMILES string of the molecule is C[C@@H](NC(=O)CNC(=O)c1cc(Cl)ccn1)c1nc2ccccc2[nH]1. The number of nitrogens with one attached hydrogen (secondary N) is 3. The fraction of sp³-hybridized carbons (Fsp3) is 0.176. The van der Waals surface area contributed by atoms with Crippen molar-refractivity contribution in [1.29, 1.82) is 0 Å². The summed E-state index contributed by atoms with van der Waals surface area (Å²) in [5.74, 6) is -0.144. The number of amides is 2. The maximum Gasteiger partial charge on any atom is 0.270 e. The average molecular weight is 358 g/mol. The van der Waals surface area contributed by atoms with Crippen molar-refractivity contribution < 1.29 is 9.59 Å². The Balaban J connectivity index is 1.55. The number of imidazole rings is 1. The second kappa shape index (κ2) is 7.31. The van der Waals surface area contributed by atoms with E-state index in [0.717, 1.165) is 11.0 Å². The lowest BCUT2D eigenvalue weighted by Crippen LogP contribution is -2.38. The van der Waals surface area contributed by atoms with E-state index in [1.54, 1.807) is 6.07 Å². The van der Waals surface area contributed by atoms with Crippen molar-refractivity contribution in [2.75, 3.05) is 6.54 Å². The van der Waals surface area contributed by atoms with Crippen molar-refractivity contribution >= 4 is 34.4 Å². The summed E-state index contributed by atoms with van der Waals surface area (Å²) in [5.41, 5.74) is 1.89. The molecule has 1 aromatic carbocycles. The van der Waals surface area contributed by atoms with Gasteiger partial charge in [-0.15, -0.1) is 0 Å². The number of pyridine rings is 1. The molecule has 0 aliphatic carbocycles. The molecule has 3 N–H and O–H groups in total. The number of nitrogens with zero attached hydrogens (tertiary/aromatic N) is 2. The third kappa shape index (κ3) is 4.13.